The monoisotopic (exact) mass is 274 g/mol. The number of aldehydes is 1. The fraction of sp³-hybridized carbons (Fsp3) is 0.111. The first-order valence-corrected chi connectivity index (χ1v) is 4.49. The number of ketones is 1. The molecule has 0 spiro atoms. The van der Waals surface area contributed by atoms with Crippen molar-refractivity contribution in [3.8, 4) is 0 Å². The molecule has 0 saturated carbocycles. The Kier molecular flexibility index (Phi) is 2.97. The van der Waals surface area contributed by atoms with Crippen LogP contribution in [0.15, 0.2) is 18.2 Å². The molecule has 0 aliphatic rings. The Morgan fingerprint density at radius 1 is 1.50 bits per heavy atom. The van der Waals surface area contributed by atoms with Gasteiger partial charge in [0.15, 0.2) is 12.1 Å². The van der Waals surface area contributed by atoms with Gasteiger partial charge in [-0.25, -0.2) is 0 Å². The van der Waals surface area contributed by atoms with E-state index in [4.69, 9.17) is 0 Å². The lowest BCUT2D eigenvalue weighted by Crippen LogP contribution is -1.98. The first-order chi connectivity index (χ1) is 5.66. The number of carbonyl (C=O) groups is 2. The van der Waals surface area contributed by atoms with Crippen molar-refractivity contribution in [2.75, 3.05) is 0 Å². The van der Waals surface area contributed by atoms with Crippen molar-refractivity contribution in [3.63, 3.8) is 0 Å². The standard InChI is InChI=1S/C9H7IO2/c1-6(12)8-4-2-3-7(5-11)9(8)10/h2-5H,1H3. The predicted molar refractivity (Wildman–Crippen MR) is 54.6 cm³/mol. The molecule has 0 fully saturated rings. The Hall–Kier alpha value is -0.710. The van der Waals surface area contributed by atoms with Gasteiger partial charge >= 0.3 is 0 Å². The number of carbonyl (C=O) groups excluding carboxylic acids is 2. The molecule has 0 aromatic heterocycles. The van der Waals surface area contributed by atoms with E-state index < -0.39 is 0 Å². The van der Waals surface area contributed by atoms with Crippen LogP contribution in [0.25, 0.3) is 0 Å². The van der Waals surface area contributed by atoms with E-state index in [2.05, 4.69) is 0 Å². The van der Waals surface area contributed by atoms with Gasteiger partial charge in [0.1, 0.15) is 0 Å². The molecule has 0 unspecified atom stereocenters. The maximum absolute atomic E-state index is 11.0. The summed E-state index contributed by atoms with van der Waals surface area (Å²) in [4.78, 5) is 21.5. The second kappa shape index (κ2) is 3.80. The summed E-state index contributed by atoms with van der Waals surface area (Å²) in [5.74, 6) is -0.0110. The minimum Gasteiger partial charge on any atom is -0.298 e. The molecule has 2 nitrogen and oxygen atoms in total. The molecule has 0 atom stereocenters. The zero-order valence-corrected chi connectivity index (χ0v) is 8.66. The topological polar surface area (TPSA) is 34.1 Å². The highest BCUT2D eigenvalue weighted by atomic mass is 127. The van der Waals surface area contributed by atoms with Crippen molar-refractivity contribution >= 4 is 34.7 Å². The molecule has 0 aliphatic carbocycles. The van der Waals surface area contributed by atoms with Gasteiger partial charge in [0.25, 0.3) is 0 Å². The molecule has 0 amide bonds. The third kappa shape index (κ3) is 1.72. The Morgan fingerprint density at radius 3 is 2.67 bits per heavy atom. The number of halogens is 1. The molecule has 1 rings (SSSR count). The average Bonchev–Trinajstić information content (AvgIpc) is 2.04. The maximum Gasteiger partial charge on any atom is 0.160 e. The number of Topliss-reactive ketones (excluding diaryl/α,β-unsaturated/α-hetero) is 1. The van der Waals surface area contributed by atoms with E-state index in [1.165, 1.54) is 6.92 Å². The summed E-state index contributed by atoms with van der Waals surface area (Å²) < 4.78 is 0.734. The quantitative estimate of drug-likeness (QED) is 0.471. The fourth-order valence-electron chi connectivity index (χ4n) is 0.913. The van der Waals surface area contributed by atoms with Gasteiger partial charge < -0.3 is 0 Å². The molecule has 0 heterocycles. The molecule has 0 N–H and O–H groups in total. The zero-order valence-electron chi connectivity index (χ0n) is 6.50. The molecular formula is C9H7IO2. The second-order valence-corrected chi connectivity index (χ2v) is 3.46. The lowest BCUT2D eigenvalue weighted by Gasteiger charge is -2.00. The highest BCUT2D eigenvalue weighted by molar-refractivity contribution is 14.1. The summed E-state index contributed by atoms with van der Waals surface area (Å²) in [6.45, 7) is 1.49. The van der Waals surface area contributed by atoms with Crippen LogP contribution in [0.4, 0.5) is 0 Å². The molecule has 62 valence electrons. The van der Waals surface area contributed by atoms with Gasteiger partial charge in [0, 0.05) is 14.7 Å². The van der Waals surface area contributed by atoms with Crippen LogP contribution in [0.3, 0.4) is 0 Å². The predicted octanol–water partition coefficient (Wildman–Crippen LogP) is 2.31. The number of hydrogen-bond acceptors (Lipinski definition) is 2. The third-order valence-electron chi connectivity index (χ3n) is 1.53. The van der Waals surface area contributed by atoms with Crippen molar-refractivity contribution in [3.05, 3.63) is 32.9 Å². The number of benzene rings is 1. The summed E-state index contributed by atoms with van der Waals surface area (Å²) in [7, 11) is 0. The van der Waals surface area contributed by atoms with Crippen LogP contribution in [0, 0.1) is 3.57 Å². The van der Waals surface area contributed by atoms with E-state index in [1.807, 2.05) is 22.6 Å². The molecule has 12 heavy (non-hydrogen) atoms. The first-order valence-electron chi connectivity index (χ1n) is 3.41. The summed E-state index contributed by atoms with van der Waals surface area (Å²) in [5.41, 5.74) is 1.18. The molecule has 1 aromatic rings. The van der Waals surface area contributed by atoms with Crippen molar-refractivity contribution in [2.24, 2.45) is 0 Å². The van der Waals surface area contributed by atoms with Crippen molar-refractivity contribution in [1.82, 2.24) is 0 Å². The zero-order chi connectivity index (χ0) is 9.14. The molecule has 0 bridgehead atoms. The van der Waals surface area contributed by atoms with Crippen molar-refractivity contribution < 1.29 is 9.59 Å². The smallest absolute Gasteiger partial charge is 0.160 e. The van der Waals surface area contributed by atoms with E-state index in [0.29, 0.717) is 11.1 Å². The van der Waals surface area contributed by atoms with E-state index in [1.54, 1.807) is 18.2 Å². The number of hydrogen-bond donors (Lipinski definition) is 0. The molecule has 1 aromatic carbocycles. The first kappa shape index (κ1) is 9.38. The summed E-state index contributed by atoms with van der Waals surface area (Å²) in [6.07, 6.45) is 0.758. The van der Waals surface area contributed by atoms with Crippen LogP contribution in [0.2, 0.25) is 0 Å². The highest BCUT2D eigenvalue weighted by Crippen LogP contribution is 2.16. The Bertz CT molecular complexity index is 331. The minimum absolute atomic E-state index is 0.0110. The van der Waals surface area contributed by atoms with Crippen molar-refractivity contribution in [1.29, 1.82) is 0 Å². The lowest BCUT2D eigenvalue weighted by atomic mass is 10.1. The summed E-state index contributed by atoms with van der Waals surface area (Å²) >= 11 is 2.00. The SMILES string of the molecule is CC(=O)c1cccc(C=O)c1I. The number of rotatable bonds is 2. The van der Waals surface area contributed by atoms with E-state index >= 15 is 0 Å². The van der Waals surface area contributed by atoms with Crippen LogP contribution in [0.1, 0.15) is 27.6 Å². The second-order valence-electron chi connectivity index (χ2n) is 2.38. The Morgan fingerprint density at radius 2 is 2.17 bits per heavy atom. The van der Waals surface area contributed by atoms with E-state index in [-0.39, 0.29) is 5.78 Å². The van der Waals surface area contributed by atoms with Gasteiger partial charge in [0.2, 0.25) is 0 Å². The van der Waals surface area contributed by atoms with Crippen LogP contribution >= 0.6 is 22.6 Å². The van der Waals surface area contributed by atoms with Crippen LogP contribution in [-0.2, 0) is 0 Å². The molecule has 0 radical (unpaired) electrons. The largest absolute Gasteiger partial charge is 0.298 e. The van der Waals surface area contributed by atoms with Gasteiger partial charge in [-0.15, -0.1) is 0 Å². The summed E-state index contributed by atoms with van der Waals surface area (Å²) in [5, 5.41) is 0. The van der Waals surface area contributed by atoms with Gasteiger partial charge in [-0.3, -0.25) is 9.59 Å². The molecule has 0 aliphatic heterocycles. The van der Waals surface area contributed by atoms with Crippen LogP contribution in [0.5, 0.6) is 0 Å². The Balaban J connectivity index is 3.32. The molecule has 3 heteroatoms. The van der Waals surface area contributed by atoms with Gasteiger partial charge in [-0.1, -0.05) is 18.2 Å². The third-order valence-corrected chi connectivity index (χ3v) is 2.74. The van der Waals surface area contributed by atoms with Gasteiger partial charge in [0.05, 0.1) is 0 Å². The normalized spacial score (nSPS) is 9.50. The molecule has 0 saturated heterocycles. The average molecular weight is 274 g/mol. The lowest BCUT2D eigenvalue weighted by molar-refractivity contribution is 0.101. The molecular weight excluding hydrogens is 267 g/mol. The Labute approximate surface area is 84.1 Å². The van der Waals surface area contributed by atoms with Gasteiger partial charge in [-0.05, 0) is 29.5 Å². The minimum atomic E-state index is -0.0110. The summed E-state index contributed by atoms with van der Waals surface area (Å²) in [6, 6.07) is 5.13. The maximum atomic E-state index is 11.0. The highest BCUT2D eigenvalue weighted by Gasteiger charge is 2.07. The van der Waals surface area contributed by atoms with E-state index in [0.717, 1.165) is 9.86 Å². The fourth-order valence-corrected chi connectivity index (χ4v) is 1.78. The van der Waals surface area contributed by atoms with E-state index in [9.17, 15) is 9.59 Å². The van der Waals surface area contributed by atoms with Crippen molar-refractivity contribution in [2.45, 2.75) is 6.92 Å². The van der Waals surface area contributed by atoms with Gasteiger partial charge in [-0.2, -0.15) is 0 Å². The van der Waals surface area contributed by atoms with Crippen LogP contribution in [-0.4, -0.2) is 12.1 Å². The van der Waals surface area contributed by atoms with Crippen LogP contribution < -0.4 is 0 Å².